The zero-order chi connectivity index (χ0) is 16.8. The zero-order valence-corrected chi connectivity index (χ0v) is 14.8. The summed E-state index contributed by atoms with van der Waals surface area (Å²) in [5.41, 5.74) is 0.289. The predicted octanol–water partition coefficient (Wildman–Crippen LogP) is 3.17. The third kappa shape index (κ3) is 2.97. The SMILES string of the molecule is CC1=C(Cl)C(=O)N(N2C=C(C(C)(C)C)OC2CC(C)C)C1O. The first-order valence-electron chi connectivity index (χ1n) is 7.59. The minimum atomic E-state index is -1.05. The topological polar surface area (TPSA) is 53.0 Å². The Kier molecular flexibility index (Phi) is 4.51. The van der Waals surface area contributed by atoms with Gasteiger partial charge < -0.3 is 9.84 Å². The van der Waals surface area contributed by atoms with Crippen LogP contribution in [0.5, 0.6) is 0 Å². The van der Waals surface area contributed by atoms with Gasteiger partial charge in [0.25, 0.3) is 5.91 Å². The van der Waals surface area contributed by atoms with Crippen molar-refractivity contribution in [1.82, 2.24) is 10.0 Å². The smallest absolute Gasteiger partial charge is 0.286 e. The maximum atomic E-state index is 12.4. The number of nitrogens with zero attached hydrogens (tertiary/aromatic N) is 2. The van der Waals surface area contributed by atoms with Crippen LogP contribution in [-0.4, -0.2) is 33.5 Å². The van der Waals surface area contributed by atoms with Gasteiger partial charge in [0.1, 0.15) is 10.8 Å². The maximum absolute atomic E-state index is 12.4. The molecule has 124 valence electrons. The summed E-state index contributed by atoms with van der Waals surface area (Å²) < 4.78 is 6.05. The van der Waals surface area contributed by atoms with Crippen LogP contribution in [0.15, 0.2) is 22.6 Å². The van der Waals surface area contributed by atoms with Crippen LogP contribution in [-0.2, 0) is 9.53 Å². The third-order valence-corrected chi connectivity index (χ3v) is 4.29. The fraction of sp³-hybridized carbons (Fsp3) is 0.688. The van der Waals surface area contributed by atoms with Gasteiger partial charge in [0.2, 0.25) is 0 Å². The van der Waals surface area contributed by atoms with Crippen molar-refractivity contribution in [3.63, 3.8) is 0 Å². The second kappa shape index (κ2) is 5.78. The number of allylic oxidation sites excluding steroid dienone is 1. The van der Waals surface area contributed by atoms with Crippen molar-refractivity contribution in [2.24, 2.45) is 11.3 Å². The standard InChI is InChI=1S/C16H25ClN2O3/c1-9(2)7-12-18(8-11(22-12)16(4,5)6)19-14(20)10(3)13(17)15(19)21/h8-9,12,14,20H,7H2,1-6H3. The molecule has 0 bridgehead atoms. The van der Waals surface area contributed by atoms with Gasteiger partial charge in [-0.05, 0) is 12.8 Å². The normalized spacial score (nSPS) is 26.2. The average molecular weight is 329 g/mol. The number of rotatable bonds is 3. The van der Waals surface area contributed by atoms with Crippen LogP contribution < -0.4 is 0 Å². The van der Waals surface area contributed by atoms with E-state index in [2.05, 4.69) is 13.8 Å². The second-order valence-corrected chi connectivity index (χ2v) is 7.72. The molecule has 22 heavy (non-hydrogen) atoms. The number of ether oxygens (including phenoxy) is 1. The summed E-state index contributed by atoms with van der Waals surface area (Å²) in [5, 5.41) is 13.4. The van der Waals surface area contributed by atoms with E-state index in [-0.39, 0.29) is 16.7 Å². The van der Waals surface area contributed by atoms with Crippen molar-refractivity contribution in [2.75, 3.05) is 0 Å². The lowest BCUT2D eigenvalue weighted by Crippen LogP contribution is -2.50. The fourth-order valence-corrected chi connectivity index (χ4v) is 2.66. The van der Waals surface area contributed by atoms with Gasteiger partial charge in [-0.25, -0.2) is 10.0 Å². The molecule has 1 N–H and O–H groups in total. The van der Waals surface area contributed by atoms with Crippen LogP contribution in [0.1, 0.15) is 48.0 Å². The van der Waals surface area contributed by atoms with Gasteiger partial charge in [-0.15, -0.1) is 0 Å². The number of hydrogen-bond acceptors (Lipinski definition) is 4. The van der Waals surface area contributed by atoms with E-state index in [1.807, 2.05) is 20.8 Å². The van der Waals surface area contributed by atoms with Gasteiger partial charge in [0.15, 0.2) is 12.5 Å². The third-order valence-electron chi connectivity index (χ3n) is 3.83. The highest BCUT2D eigenvalue weighted by Crippen LogP contribution is 2.38. The molecule has 0 saturated carbocycles. The van der Waals surface area contributed by atoms with E-state index in [4.69, 9.17) is 16.3 Å². The molecule has 2 atom stereocenters. The average Bonchev–Trinajstić information content (AvgIpc) is 2.86. The molecule has 0 aliphatic carbocycles. The van der Waals surface area contributed by atoms with E-state index in [0.717, 1.165) is 12.2 Å². The Morgan fingerprint density at radius 1 is 1.41 bits per heavy atom. The lowest BCUT2D eigenvalue weighted by molar-refractivity contribution is -0.173. The van der Waals surface area contributed by atoms with E-state index >= 15 is 0 Å². The van der Waals surface area contributed by atoms with Gasteiger partial charge >= 0.3 is 0 Å². The molecule has 6 heteroatoms. The van der Waals surface area contributed by atoms with Gasteiger partial charge in [0.05, 0.1) is 6.20 Å². The van der Waals surface area contributed by atoms with Crippen LogP contribution in [0, 0.1) is 11.3 Å². The van der Waals surface area contributed by atoms with Crippen molar-refractivity contribution in [3.05, 3.63) is 22.6 Å². The number of hydrazine groups is 1. The van der Waals surface area contributed by atoms with Gasteiger partial charge in [0, 0.05) is 17.4 Å². The minimum absolute atomic E-state index is 0.0772. The molecule has 2 aliphatic rings. The molecule has 2 aliphatic heterocycles. The first-order chi connectivity index (χ1) is 10.0. The maximum Gasteiger partial charge on any atom is 0.286 e. The quantitative estimate of drug-likeness (QED) is 0.864. The van der Waals surface area contributed by atoms with Crippen LogP contribution in [0.4, 0.5) is 0 Å². The summed E-state index contributed by atoms with van der Waals surface area (Å²) in [7, 11) is 0. The van der Waals surface area contributed by atoms with Gasteiger partial charge in [-0.3, -0.25) is 4.79 Å². The number of carbonyl (C=O) groups excluding carboxylic acids is 1. The molecular weight excluding hydrogens is 304 g/mol. The predicted molar refractivity (Wildman–Crippen MR) is 85.1 cm³/mol. The van der Waals surface area contributed by atoms with E-state index < -0.39 is 12.1 Å². The van der Waals surface area contributed by atoms with Crippen LogP contribution in [0.2, 0.25) is 0 Å². The molecule has 0 aromatic rings. The highest BCUT2D eigenvalue weighted by Gasteiger charge is 2.44. The van der Waals surface area contributed by atoms with Crippen LogP contribution >= 0.6 is 11.6 Å². The molecule has 2 rings (SSSR count). The molecule has 5 nitrogen and oxygen atoms in total. The monoisotopic (exact) mass is 328 g/mol. The fourth-order valence-electron chi connectivity index (χ4n) is 2.47. The first-order valence-corrected chi connectivity index (χ1v) is 7.97. The zero-order valence-electron chi connectivity index (χ0n) is 14.1. The van der Waals surface area contributed by atoms with Crippen molar-refractivity contribution >= 4 is 17.5 Å². The van der Waals surface area contributed by atoms with Crippen molar-refractivity contribution in [1.29, 1.82) is 0 Å². The Hall–Kier alpha value is -1.20. The molecule has 2 heterocycles. The van der Waals surface area contributed by atoms with Crippen molar-refractivity contribution in [2.45, 2.75) is 60.4 Å². The number of carbonyl (C=O) groups is 1. The number of aliphatic hydroxyl groups is 1. The van der Waals surface area contributed by atoms with Crippen molar-refractivity contribution in [3.8, 4) is 0 Å². The van der Waals surface area contributed by atoms with Crippen LogP contribution in [0.25, 0.3) is 0 Å². The number of halogens is 1. The molecular formula is C16H25ClN2O3. The van der Waals surface area contributed by atoms with Crippen LogP contribution in [0.3, 0.4) is 0 Å². The molecule has 0 aromatic carbocycles. The number of aliphatic hydroxyl groups excluding tert-OH is 1. The van der Waals surface area contributed by atoms with E-state index in [0.29, 0.717) is 11.5 Å². The summed E-state index contributed by atoms with van der Waals surface area (Å²) in [6.45, 7) is 12.0. The lowest BCUT2D eigenvalue weighted by atomic mass is 9.94. The second-order valence-electron chi connectivity index (χ2n) is 7.35. The summed E-state index contributed by atoms with van der Waals surface area (Å²) in [6, 6.07) is 0. The Balaban J connectivity index is 2.33. The summed E-state index contributed by atoms with van der Waals surface area (Å²) in [6.07, 6.45) is 1.18. The molecule has 1 amide bonds. The van der Waals surface area contributed by atoms with Gasteiger partial charge in [-0.1, -0.05) is 46.2 Å². The van der Waals surface area contributed by atoms with E-state index in [1.54, 1.807) is 18.1 Å². The lowest BCUT2D eigenvalue weighted by Gasteiger charge is -2.35. The van der Waals surface area contributed by atoms with Gasteiger partial charge in [-0.2, -0.15) is 0 Å². The highest BCUT2D eigenvalue weighted by molar-refractivity contribution is 6.43. The largest absolute Gasteiger partial charge is 0.471 e. The number of hydrogen-bond donors (Lipinski definition) is 1. The Labute approximate surface area is 137 Å². The Morgan fingerprint density at radius 3 is 2.41 bits per heavy atom. The van der Waals surface area contributed by atoms with Crippen molar-refractivity contribution < 1.29 is 14.6 Å². The molecule has 2 unspecified atom stereocenters. The number of amides is 1. The molecule has 0 spiro atoms. The highest BCUT2D eigenvalue weighted by atomic mass is 35.5. The molecule has 0 radical (unpaired) electrons. The summed E-state index contributed by atoms with van der Waals surface area (Å²) in [5.74, 6) is 0.786. The molecule has 0 fully saturated rings. The minimum Gasteiger partial charge on any atom is -0.471 e. The Bertz CT molecular complexity index is 534. The first kappa shape index (κ1) is 17.2. The molecule has 0 saturated heterocycles. The summed E-state index contributed by atoms with van der Waals surface area (Å²) in [4.78, 5) is 12.4. The molecule has 0 aromatic heterocycles. The summed E-state index contributed by atoms with van der Waals surface area (Å²) >= 11 is 6.00. The Morgan fingerprint density at radius 2 is 2.00 bits per heavy atom. The van der Waals surface area contributed by atoms with E-state index in [9.17, 15) is 9.90 Å². The van der Waals surface area contributed by atoms with E-state index in [1.165, 1.54) is 5.01 Å².